The van der Waals surface area contributed by atoms with Crippen molar-refractivity contribution in [2.45, 2.75) is 13.3 Å². The number of fused-ring (bicyclic) bond motifs is 1. The van der Waals surface area contributed by atoms with Gasteiger partial charge in [0.1, 0.15) is 11.4 Å². The monoisotopic (exact) mass is 536 g/mol. The van der Waals surface area contributed by atoms with Gasteiger partial charge in [0.05, 0.1) is 32.7 Å². The zero-order chi connectivity index (χ0) is 28.2. The molecule has 8 nitrogen and oxygen atoms in total. The average Bonchev–Trinajstić information content (AvgIpc) is 3.34. The van der Waals surface area contributed by atoms with Crippen molar-refractivity contribution in [3.63, 3.8) is 0 Å². The lowest BCUT2D eigenvalue weighted by Gasteiger charge is -2.18. The Balaban J connectivity index is 1.53. The molecular formula is C32H32N4O4. The highest BCUT2D eigenvalue weighted by Crippen LogP contribution is 2.32. The van der Waals surface area contributed by atoms with Crippen LogP contribution in [-0.4, -0.2) is 60.3 Å². The minimum Gasteiger partial charge on any atom is -0.497 e. The number of nitrogens with zero attached hydrogens (tertiary/aromatic N) is 4. The first-order chi connectivity index (χ1) is 19.4. The van der Waals surface area contributed by atoms with Crippen LogP contribution in [0.3, 0.4) is 0 Å². The molecule has 0 atom stereocenters. The zero-order valence-electron chi connectivity index (χ0n) is 23.3. The summed E-state index contributed by atoms with van der Waals surface area (Å²) in [5, 5.41) is 4.84. The van der Waals surface area contributed by atoms with E-state index in [-0.39, 0.29) is 5.91 Å². The molecule has 3 aromatic carbocycles. The molecule has 2 aromatic heterocycles. The van der Waals surface area contributed by atoms with E-state index in [0.29, 0.717) is 35.8 Å². The number of aryl methyl sites for hydroxylation is 1. The summed E-state index contributed by atoms with van der Waals surface area (Å²) in [6.45, 7) is 2.47. The van der Waals surface area contributed by atoms with Gasteiger partial charge in [0, 0.05) is 24.7 Å². The molecule has 0 fully saturated rings. The Morgan fingerprint density at radius 3 is 2.25 bits per heavy atom. The van der Waals surface area contributed by atoms with Crippen molar-refractivity contribution >= 4 is 11.6 Å². The van der Waals surface area contributed by atoms with E-state index in [0.717, 1.165) is 39.4 Å². The molecule has 5 aromatic rings. The number of rotatable bonds is 9. The Labute approximate surface area is 233 Å². The molecule has 0 radical (unpaired) electrons. The van der Waals surface area contributed by atoms with Crippen LogP contribution in [-0.2, 0) is 6.42 Å². The highest BCUT2D eigenvalue weighted by atomic mass is 16.5. The quantitative estimate of drug-likeness (QED) is 0.240. The number of hydrogen-bond acceptors (Lipinski definition) is 6. The third-order valence-corrected chi connectivity index (χ3v) is 6.96. The van der Waals surface area contributed by atoms with Crippen molar-refractivity contribution in [2.75, 3.05) is 34.9 Å². The highest BCUT2D eigenvalue weighted by molar-refractivity contribution is 5.95. The van der Waals surface area contributed by atoms with Gasteiger partial charge in [-0.1, -0.05) is 36.4 Å². The predicted molar refractivity (Wildman–Crippen MR) is 155 cm³/mol. The van der Waals surface area contributed by atoms with E-state index in [2.05, 4.69) is 0 Å². The third kappa shape index (κ3) is 5.20. The van der Waals surface area contributed by atoms with Crippen LogP contribution in [0.1, 0.15) is 21.7 Å². The smallest absolute Gasteiger partial charge is 0.272 e. The summed E-state index contributed by atoms with van der Waals surface area (Å²) in [5.41, 5.74) is 6.43. The largest absolute Gasteiger partial charge is 0.497 e. The Morgan fingerprint density at radius 1 is 0.850 bits per heavy atom. The summed E-state index contributed by atoms with van der Waals surface area (Å²) in [6, 6.07) is 25.3. The fourth-order valence-electron chi connectivity index (χ4n) is 4.77. The van der Waals surface area contributed by atoms with Gasteiger partial charge in [0.15, 0.2) is 17.1 Å². The van der Waals surface area contributed by atoms with Gasteiger partial charge in [-0.25, -0.2) is 9.50 Å². The van der Waals surface area contributed by atoms with Gasteiger partial charge in [0.2, 0.25) is 0 Å². The zero-order valence-corrected chi connectivity index (χ0v) is 23.3. The number of carbonyl (C=O) groups is 1. The van der Waals surface area contributed by atoms with Crippen LogP contribution in [0, 0.1) is 6.92 Å². The lowest BCUT2D eigenvalue weighted by molar-refractivity contribution is 0.0791. The molecular weight excluding hydrogens is 504 g/mol. The lowest BCUT2D eigenvalue weighted by atomic mass is 10.1. The number of hydrogen-bond donors (Lipinski definition) is 0. The van der Waals surface area contributed by atoms with Crippen molar-refractivity contribution < 1.29 is 19.0 Å². The Hall–Kier alpha value is -4.85. The number of ether oxygens (including phenoxy) is 3. The van der Waals surface area contributed by atoms with Crippen molar-refractivity contribution in [3.8, 4) is 39.6 Å². The summed E-state index contributed by atoms with van der Waals surface area (Å²) in [5.74, 6) is 1.91. The minimum atomic E-state index is -0.171. The standard InChI is InChI=1S/C32H32N4O4/c1-21-30(24-9-7-6-8-10-24)31-33-26(20-27(36(31)34-21)23-12-14-25(38-3)15-13-23)32(37)35(2)18-17-22-11-16-28(39-4)29(19-22)40-5/h6-16,19-20H,17-18H2,1-5H3. The summed E-state index contributed by atoms with van der Waals surface area (Å²) in [4.78, 5) is 20.3. The van der Waals surface area contributed by atoms with E-state index in [1.807, 2.05) is 90.3 Å². The summed E-state index contributed by atoms with van der Waals surface area (Å²) in [7, 11) is 6.65. The molecule has 40 heavy (non-hydrogen) atoms. The first-order valence-electron chi connectivity index (χ1n) is 13.0. The van der Waals surface area contributed by atoms with Gasteiger partial charge in [-0.2, -0.15) is 5.10 Å². The van der Waals surface area contributed by atoms with Crippen molar-refractivity contribution in [1.82, 2.24) is 19.5 Å². The number of methoxy groups -OCH3 is 3. The second kappa shape index (κ2) is 11.5. The second-order valence-corrected chi connectivity index (χ2v) is 9.48. The summed E-state index contributed by atoms with van der Waals surface area (Å²) >= 11 is 0. The number of carbonyl (C=O) groups excluding carboxylic acids is 1. The van der Waals surface area contributed by atoms with Crippen molar-refractivity contribution in [2.24, 2.45) is 0 Å². The van der Waals surface area contributed by atoms with E-state index in [1.54, 1.807) is 33.3 Å². The maximum atomic E-state index is 13.7. The Bertz CT molecular complexity index is 1650. The van der Waals surface area contributed by atoms with E-state index < -0.39 is 0 Å². The average molecular weight is 537 g/mol. The molecule has 0 saturated heterocycles. The van der Waals surface area contributed by atoms with Crippen molar-refractivity contribution in [3.05, 3.63) is 95.8 Å². The first kappa shape index (κ1) is 26.7. The number of likely N-dealkylation sites (N-methyl/N-ethyl adjacent to an activating group) is 1. The molecule has 204 valence electrons. The van der Waals surface area contributed by atoms with Crippen LogP contribution in [0.15, 0.2) is 78.9 Å². The van der Waals surface area contributed by atoms with Crippen molar-refractivity contribution in [1.29, 1.82) is 0 Å². The van der Waals surface area contributed by atoms with Gasteiger partial charge in [-0.05, 0) is 66.9 Å². The maximum absolute atomic E-state index is 13.7. The number of amides is 1. The fourth-order valence-corrected chi connectivity index (χ4v) is 4.77. The van der Waals surface area contributed by atoms with Crippen LogP contribution in [0.2, 0.25) is 0 Å². The minimum absolute atomic E-state index is 0.171. The van der Waals surface area contributed by atoms with Gasteiger partial charge < -0.3 is 19.1 Å². The molecule has 5 rings (SSSR count). The summed E-state index contributed by atoms with van der Waals surface area (Å²) in [6.07, 6.45) is 0.650. The fraction of sp³-hybridized carbons (Fsp3) is 0.219. The van der Waals surface area contributed by atoms with Gasteiger partial charge in [-0.3, -0.25) is 4.79 Å². The molecule has 8 heteroatoms. The SMILES string of the molecule is COc1ccc(-c2cc(C(=O)N(C)CCc3ccc(OC)c(OC)c3)nc3c(-c4ccccc4)c(C)nn23)cc1. The van der Waals surface area contributed by atoms with Crippen LogP contribution < -0.4 is 14.2 Å². The second-order valence-electron chi connectivity index (χ2n) is 9.48. The molecule has 2 heterocycles. The van der Waals surface area contributed by atoms with E-state index in [9.17, 15) is 4.79 Å². The molecule has 1 amide bonds. The molecule has 0 spiro atoms. The molecule has 0 N–H and O–H groups in total. The van der Waals surface area contributed by atoms with Gasteiger partial charge in [0.25, 0.3) is 5.91 Å². The molecule has 0 saturated carbocycles. The Morgan fingerprint density at radius 2 is 1.57 bits per heavy atom. The number of aromatic nitrogens is 3. The summed E-state index contributed by atoms with van der Waals surface area (Å²) < 4.78 is 17.9. The Kier molecular flexibility index (Phi) is 7.68. The highest BCUT2D eigenvalue weighted by Gasteiger charge is 2.22. The lowest BCUT2D eigenvalue weighted by Crippen LogP contribution is -2.29. The third-order valence-electron chi connectivity index (χ3n) is 6.96. The number of benzene rings is 3. The molecule has 0 bridgehead atoms. The maximum Gasteiger partial charge on any atom is 0.272 e. The van der Waals surface area contributed by atoms with Gasteiger partial charge in [-0.15, -0.1) is 0 Å². The molecule has 0 unspecified atom stereocenters. The normalized spacial score (nSPS) is 10.9. The van der Waals surface area contributed by atoms with E-state index in [4.69, 9.17) is 24.3 Å². The molecule has 0 aliphatic rings. The molecule has 0 aliphatic carbocycles. The molecule has 0 aliphatic heterocycles. The first-order valence-corrected chi connectivity index (χ1v) is 13.0. The van der Waals surface area contributed by atoms with E-state index in [1.165, 1.54) is 0 Å². The van der Waals surface area contributed by atoms with Crippen LogP contribution >= 0.6 is 0 Å². The van der Waals surface area contributed by atoms with E-state index >= 15 is 0 Å². The van der Waals surface area contributed by atoms with Crippen LogP contribution in [0.4, 0.5) is 0 Å². The van der Waals surface area contributed by atoms with Gasteiger partial charge >= 0.3 is 0 Å². The topological polar surface area (TPSA) is 78.2 Å². The van der Waals surface area contributed by atoms with Crippen LogP contribution in [0.5, 0.6) is 17.2 Å². The van der Waals surface area contributed by atoms with Crippen LogP contribution in [0.25, 0.3) is 28.0 Å². The predicted octanol–water partition coefficient (Wildman–Crippen LogP) is 5.71.